The fraction of sp³-hybridized carbons (Fsp3) is 0.300. The van der Waals surface area contributed by atoms with Crippen molar-refractivity contribution in [1.82, 2.24) is 20.4 Å². The number of hydrogen-bond acceptors (Lipinski definition) is 7. The fourth-order valence-electron chi connectivity index (χ4n) is 3.28. The molecule has 168 valence electrons. The number of carbonyl (C=O) groups excluding carboxylic acids is 2. The molecule has 32 heavy (non-hydrogen) atoms. The van der Waals surface area contributed by atoms with Crippen LogP contribution in [-0.2, 0) is 4.79 Å². The van der Waals surface area contributed by atoms with Gasteiger partial charge in [0.15, 0.2) is 0 Å². The Labute approximate surface area is 198 Å². The van der Waals surface area contributed by atoms with Crippen LogP contribution in [0.1, 0.15) is 16.8 Å². The largest absolute Gasteiger partial charge is 0.452 e. The Morgan fingerprint density at radius 2 is 1.84 bits per heavy atom. The van der Waals surface area contributed by atoms with E-state index in [1.54, 1.807) is 28.0 Å². The number of nitrogens with zero attached hydrogens (tertiary/aromatic N) is 4. The molecule has 0 saturated carbocycles. The van der Waals surface area contributed by atoms with Gasteiger partial charge in [0.2, 0.25) is 17.0 Å². The summed E-state index contributed by atoms with van der Waals surface area (Å²) in [6.07, 6.45) is 1.53. The monoisotopic (exact) mass is 497 g/mol. The summed E-state index contributed by atoms with van der Waals surface area (Å²) in [6.45, 7) is 1.75. The van der Waals surface area contributed by atoms with Crippen molar-refractivity contribution in [2.75, 3.05) is 37.6 Å². The molecular weight excluding hydrogens is 481 g/mol. The van der Waals surface area contributed by atoms with Crippen LogP contribution >= 0.6 is 34.8 Å². The van der Waals surface area contributed by atoms with Crippen LogP contribution < -0.4 is 10.2 Å². The molecule has 1 aromatic carbocycles. The molecule has 0 spiro atoms. The lowest BCUT2D eigenvalue weighted by molar-refractivity contribution is -0.121. The fourth-order valence-corrected chi connectivity index (χ4v) is 4.00. The van der Waals surface area contributed by atoms with Gasteiger partial charge in [-0.2, -0.15) is 4.98 Å². The number of nitrogens with one attached hydrogen (secondary N) is 1. The molecule has 0 atom stereocenters. The van der Waals surface area contributed by atoms with E-state index in [4.69, 9.17) is 43.7 Å². The molecule has 1 aliphatic heterocycles. The lowest BCUT2D eigenvalue weighted by Gasteiger charge is -2.28. The Kier molecular flexibility index (Phi) is 6.88. The lowest BCUT2D eigenvalue weighted by atomic mass is 10.2. The third-order valence-electron chi connectivity index (χ3n) is 4.89. The molecule has 9 nitrogen and oxygen atoms in total. The highest BCUT2D eigenvalue weighted by Crippen LogP contribution is 2.27. The zero-order chi connectivity index (χ0) is 22.7. The first-order valence-electron chi connectivity index (χ1n) is 9.75. The van der Waals surface area contributed by atoms with Crippen molar-refractivity contribution in [1.29, 1.82) is 0 Å². The Balaban J connectivity index is 1.54. The van der Waals surface area contributed by atoms with Crippen LogP contribution in [0.4, 0.5) is 6.01 Å². The summed E-state index contributed by atoms with van der Waals surface area (Å²) in [4.78, 5) is 32.8. The maximum Gasteiger partial charge on any atom is 0.324 e. The summed E-state index contributed by atoms with van der Waals surface area (Å²) in [5.74, 6) is -0.164. The Hall–Kier alpha value is -2.75. The van der Waals surface area contributed by atoms with E-state index in [1.807, 2.05) is 0 Å². The molecule has 12 heteroatoms. The second kappa shape index (κ2) is 9.81. The van der Waals surface area contributed by atoms with Gasteiger partial charge in [0.1, 0.15) is 0 Å². The van der Waals surface area contributed by atoms with Crippen LogP contribution in [0, 0.1) is 0 Å². The zero-order valence-corrected chi connectivity index (χ0v) is 19.0. The number of benzene rings is 1. The number of amides is 2. The number of halogens is 3. The Morgan fingerprint density at radius 3 is 2.56 bits per heavy atom. The number of rotatable bonds is 3. The molecule has 1 fully saturated rings. The summed E-state index contributed by atoms with van der Waals surface area (Å²) < 4.78 is 10.5. The third-order valence-corrected chi connectivity index (χ3v) is 5.62. The number of furan rings is 1. The molecule has 0 bridgehead atoms. The summed E-state index contributed by atoms with van der Waals surface area (Å²) in [7, 11) is 0. The van der Waals surface area contributed by atoms with Gasteiger partial charge in [0.05, 0.1) is 11.8 Å². The molecule has 2 aromatic heterocycles. The van der Waals surface area contributed by atoms with E-state index in [0.717, 1.165) is 0 Å². The van der Waals surface area contributed by atoms with Crippen LogP contribution in [0.3, 0.4) is 0 Å². The van der Waals surface area contributed by atoms with E-state index in [0.29, 0.717) is 47.6 Å². The first kappa shape index (κ1) is 22.4. The molecular formula is C20H18Cl3N5O4. The minimum absolute atomic E-state index is 0.00938. The highest BCUT2D eigenvalue weighted by atomic mass is 35.5. The highest BCUT2D eigenvalue weighted by molar-refractivity contribution is 6.35. The molecule has 3 heterocycles. The van der Waals surface area contributed by atoms with Crippen LogP contribution in [0.2, 0.25) is 15.3 Å². The Bertz CT molecular complexity index is 1110. The average Bonchev–Trinajstić information content (AvgIpc) is 3.40. The minimum Gasteiger partial charge on any atom is -0.452 e. The topological polar surface area (TPSA) is 105 Å². The summed E-state index contributed by atoms with van der Waals surface area (Å²) in [6, 6.07) is 6.72. The quantitative estimate of drug-likeness (QED) is 0.586. The average molecular weight is 499 g/mol. The van der Waals surface area contributed by atoms with Crippen LogP contribution in [0.25, 0.3) is 11.4 Å². The standard InChI is InChI=1S/C20H18Cl3N5O4/c21-13-9-12(10-14(22)11-13)18-25-20(32-26-18)28-5-3-24-16(29)1-4-27(6-7-28)19(30)15-2-8-31-17(15)23/h2,8-11H,1,3-7H2,(H,24,29). The first-order valence-corrected chi connectivity index (χ1v) is 10.9. The van der Waals surface area contributed by atoms with Gasteiger partial charge in [-0.1, -0.05) is 28.4 Å². The Morgan fingerprint density at radius 1 is 1.06 bits per heavy atom. The molecule has 1 N–H and O–H groups in total. The van der Waals surface area contributed by atoms with Gasteiger partial charge in [0, 0.05) is 54.8 Å². The molecule has 1 saturated heterocycles. The predicted octanol–water partition coefficient (Wildman–Crippen LogP) is 3.76. The SMILES string of the molecule is O=C1CCN(C(=O)c2ccoc2Cl)CCN(c2nc(-c3cc(Cl)cc(Cl)c3)no2)CCN1. The molecule has 2 amide bonds. The number of hydrogen-bond donors (Lipinski definition) is 1. The van der Waals surface area contributed by atoms with Gasteiger partial charge in [-0.3, -0.25) is 9.59 Å². The lowest BCUT2D eigenvalue weighted by Crippen LogP contribution is -2.45. The van der Waals surface area contributed by atoms with E-state index in [-0.39, 0.29) is 41.6 Å². The van der Waals surface area contributed by atoms with Crippen molar-refractivity contribution in [3.63, 3.8) is 0 Å². The third kappa shape index (κ3) is 5.17. The molecule has 0 aliphatic carbocycles. The molecule has 1 aliphatic rings. The maximum atomic E-state index is 12.9. The van der Waals surface area contributed by atoms with E-state index in [9.17, 15) is 9.59 Å². The molecule has 0 unspecified atom stereocenters. The summed E-state index contributed by atoms with van der Waals surface area (Å²) in [5, 5.41) is 7.75. The summed E-state index contributed by atoms with van der Waals surface area (Å²) >= 11 is 18.1. The minimum atomic E-state index is -0.322. The van der Waals surface area contributed by atoms with Crippen LogP contribution in [0.5, 0.6) is 0 Å². The number of carbonyl (C=O) groups is 2. The van der Waals surface area contributed by atoms with Gasteiger partial charge in [-0.05, 0) is 35.9 Å². The van der Waals surface area contributed by atoms with Gasteiger partial charge >= 0.3 is 6.01 Å². The molecule has 4 rings (SSSR count). The highest BCUT2D eigenvalue weighted by Gasteiger charge is 2.24. The smallest absolute Gasteiger partial charge is 0.324 e. The van der Waals surface area contributed by atoms with Crippen molar-refractivity contribution in [3.05, 3.63) is 51.4 Å². The first-order chi connectivity index (χ1) is 15.4. The molecule has 3 aromatic rings. The van der Waals surface area contributed by atoms with E-state index >= 15 is 0 Å². The van der Waals surface area contributed by atoms with Crippen molar-refractivity contribution in [2.45, 2.75) is 6.42 Å². The van der Waals surface area contributed by atoms with E-state index in [1.165, 1.54) is 12.3 Å². The maximum absolute atomic E-state index is 12.9. The number of aromatic nitrogens is 2. The van der Waals surface area contributed by atoms with Gasteiger partial charge in [0.25, 0.3) is 5.91 Å². The predicted molar refractivity (Wildman–Crippen MR) is 119 cm³/mol. The van der Waals surface area contributed by atoms with E-state index in [2.05, 4.69) is 15.5 Å². The van der Waals surface area contributed by atoms with Crippen molar-refractivity contribution in [2.24, 2.45) is 0 Å². The van der Waals surface area contributed by atoms with Crippen LogP contribution in [0.15, 0.2) is 39.5 Å². The van der Waals surface area contributed by atoms with Gasteiger partial charge in [-0.25, -0.2) is 0 Å². The zero-order valence-electron chi connectivity index (χ0n) is 16.7. The van der Waals surface area contributed by atoms with E-state index < -0.39 is 0 Å². The van der Waals surface area contributed by atoms with Gasteiger partial charge < -0.3 is 24.1 Å². The summed E-state index contributed by atoms with van der Waals surface area (Å²) in [5.41, 5.74) is 0.854. The van der Waals surface area contributed by atoms with Gasteiger partial charge in [-0.15, -0.1) is 0 Å². The van der Waals surface area contributed by atoms with Crippen molar-refractivity contribution < 1.29 is 18.5 Å². The number of anilines is 1. The molecule has 0 radical (unpaired) electrons. The van der Waals surface area contributed by atoms with Crippen molar-refractivity contribution in [3.8, 4) is 11.4 Å². The second-order valence-corrected chi connectivity index (χ2v) is 8.26. The normalized spacial score (nSPS) is 15.5. The second-order valence-electron chi connectivity index (χ2n) is 7.05. The van der Waals surface area contributed by atoms with Crippen molar-refractivity contribution >= 4 is 52.6 Å². The van der Waals surface area contributed by atoms with Crippen LogP contribution in [-0.4, -0.2) is 59.6 Å².